The summed E-state index contributed by atoms with van der Waals surface area (Å²) < 4.78 is 2.19. The van der Waals surface area contributed by atoms with Crippen molar-refractivity contribution in [2.24, 2.45) is 0 Å². The average molecular weight is 420 g/mol. The van der Waals surface area contributed by atoms with E-state index in [-0.39, 0.29) is 17.5 Å². The van der Waals surface area contributed by atoms with Gasteiger partial charge >= 0.3 is 0 Å². The van der Waals surface area contributed by atoms with Gasteiger partial charge in [-0.15, -0.1) is 0 Å². The number of hydrogen-bond acceptors (Lipinski definition) is 5. The predicted molar refractivity (Wildman–Crippen MR) is 117 cm³/mol. The lowest BCUT2D eigenvalue weighted by Crippen LogP contribution is -2.37. The Morgan fingerprint density at radius 1 is 1.00 bits per heavy atom. The van der Waals surface area contributed by atoms with Crippen LogP contribution in [-0.4, -0.2) is 27.4 Å². The summed E-state index contributed by atoms with van der Waals surface area (Å²) in [5.74, 6) is 0.0163. The highest BCUT2D eigenvalue weighted by Gasteiger charge is 2.41. The van der Waals surface area contributed by atoms with Crippen LogP contribution in [0.25, 0.3) is 0 Å². The molecule has 2 heterocycles. The van der Waals surface area contributed by atoms with Crippen molar-refractivity contribution in [3.8, 4) is 0 Å². The van der Waals surface area contributed by atoms with Gasteiger partial charge in [0.1, 0.15) is 0 Å². The number of hydrogen-bond donors (Lipinski definition) is 1. The Morgan fingerprint density at radius 3 is 2.23 bits per heavy atom. The predicted octanol–water partition coefficient (Wildman–Crippen LogP) is 4.35. The number of aromatic nitrogens is 2. The molecule has 1 aromatic heterocycles. The molecule has 0 saturated heterocycles. The van der Waals surface area contributed by atoms with Crippen LogP contribution < -0.4 is 5.32 Å². The van der Waals surface area contributed by atoms with E-state index in [1.165, 1.54) is 5.56 Å². The molecule has 30 heavy (non-hydrogen) atoms. The van der Waals surface area contributed by atoms with Gasteiger partial charge in [0.15, 0.2) is 16.7 Å². The summed E-state index contributed by atoms with van der Waals surface area (Å²) in [6.07, 6.45) is 8.47. The summed E-state index contributed by atoms with van der Waals surface area (Å²) in [4.78, 5) is 30.8. The number of allylic oxidation sites excluding steroid dienone is 4. The highest BCUT2D eigenvalue weighted by atomic mass is 32.2. The van der Waals surface area contributed by atoms with E-state index in [0.29, 0.717) is 19.4 Å². The van der Waals surface area contributed by atoms with Crippen LogP contribution in [0.5, 0.6) is 0 Å². The molecular formula is C24H25N3O2S. The Hall–Kier alpha value is -2.60. The highest BCUT2D eigenvalue weighted by molar-refractivity contribution is 7.98. The standard InChI is InChI=1S/C24H25N3O2S/c1-30-24-25-13-18(27(24)14-15-7-3-2-4-8-15)23-21-16(9-5-11-19(21)28)26-17-10-6-12-20(29)22(17)23/h2-4,7-8,13,23,26H,5-6,9-12,14H2,1H3. The fourth-order valence-electron chi connectivity index (χ4n) is 4.97. The van der Waals surface area contributed by atoms with Crippen LogP contribution in [0.15, 0.2) is 64.2 Å². The van der Waals surface area contributed by atoms with Gasteiger partial charge in [0, 0.05) is 41.9 Å². The topological polar surface area (TPSA) is 64.0 Å². The second-order valence-electron chi connectivity index (χ2n) is 8.14. The number of Topliss-reactive ketones (excluding diaryl/α,β-unsaturated/α-hetero) is 2. The van der Waals surface area contributed by atoms with Crippen molar-refractivity contribution in [3.63, 3.8) is 0 Å². The highest BCUT2D eigenvalue weighted by Crippen LogP contribution is 2.45. The number of dihydropyridines is 1. The van der Waals surface area contributed by atoms with Crippen LogP contribution in [0.4, 0.5) is 0 Å². The quantitative estimate of drug-likeness (QED) is 0.747. The first-order chi connectivity index (χ1) is 14.7. The largest absolute Gasteiger partial charge is 0.362 e. The van der Waals surface area contributed by atoms with Gasteiger partial charge in [0.25, 0.3) is 0 Å². The van der Waals surface area contributed by atoms with Gasteiger partial charge in [-0.25, -0.2) is 4.98 Å². The van der Waals surface area contributed by atoms with Gasteiger partial charge in [-0.2, -0.15) is 0 Å². The van der Waals surface area contributed by atoms with Gasteiger partial charge < -0.3 is 9.88 Å². The lowest BCUT2D eigenvalue weighted by Gasteiger charge is -2.37. The smallest absolute Gasteiger partial charge is 0.168 e. The Kier molecular flexibility index (Phi) is 5.11. The van der Waals surface area contributed by atoms with E-state index in [4.69, 9.17) is 0 Å². The first-order valence-electron chi connectivity index (χ1n) is 10.6. The van der Waals surface area contributed by atoms with Crippen LogP contribution in [0, 0.1) is 0 Å². The SMILES string of the molecule is CSc1ncc(C2C3=C(CCCC3=O)NC3=C2C(=O)CCC3)n1Cc1ccccc1. The van der Waals surface area contributed by atoms with Gasteiger partial charge in [0.05, 0.1) is 17.8 Å². The zero-order valence-corrected chi connectivity index (χ0v) is 17.9. The second-order valence-corrected chi connectivity index (χ2v) is 8.91. The minimum atomic E-state index is -0.311. The van der Waals surface area contributed by atoms with Gasteiger partial charge in [-0.3, -0.25) is 9.59 Å². The van der Waals surface area contributed by atoms with Crippen molar-refractivity contribution in [1.82, 2.24) is 14.9 Å². The molecule has 5 nitrogen and oxygen atoms in total. The normalized spacial score (nSPS) is 19.6. The molecule has 2 aliphatic carbocycles. The molecule has 0 bridgehead atoms. The number of thioether (sulfide) groups is 1. The van der Waals surface area contributed by atoms with Gasteiger partial charge in [-0.05, 0) is 37.5 Å². The summed E-state index contributed by atoms with van der Waals surface area (Å²) in [6.45, 7) is 0.671. The number of benzene rings is 1. The molecule has 3 aliphatic rings. The Labute approximate surface area is 180 Å². The number of nitrogens with one attached hydrogen (secondary N) is 1. The maximum Gasteiger partial charge on any atom is 0.168 e. The lowest BCUT2D eigenvalue weighted by atomic mass is 9.73. The molecule has 1 N–H and O–H groups in total. The fourth-order valence-corrected chi connectivity index (χ4v) is 5.52. The van der Waals surface area contributed by atoms with Crippen LogP contribution in [0.2, 0.25) is 0 Å². The zero-order chi connectivity index (χ0) is 20.7. The molecule has 0 amide bonds. The minimum absolute atomic E-state index is 0.164. The van der Waals surface area contributed by atoms with Crippen molar-refractivity contribution in [3.05, 3.63) is 70.3 Å². The van der Waals surface area contributed by atoms with Crippen LogP contribution in [0.1, 0.15) is 55.7 Å². The summed E-state index contributed by atoms with van der Waals surface area (Å²) in [7, 11) is 0. The van der Waals surface area contributed by atoms with Crippen molar-refractivity contribution < 1.29 is 9.59 Å². The van der Waals surface area contributed by atoms with Gasteiger partial charge in [0.2, 0.25) is 0 Å². The number of nitrogens with zero attached hydrogens (tertiary/aromatic N) is 2. The molecular weight excluding hydrogens is 394 g/mol. The summed E-state index contributed by atoms with van der Waals surface area (Å²) >= 11 is 1.59. The molecule has 0 atom stereocenters. The first kappa shape index (κ1) is 19.4. The average Bonchev–Trinajstić information content (AvgIpc) is 3.15. The molecule has 0 spiro atoms. The number of ketones is 2. The molecule has 0 fully saturated rings. The van der Waals surface area contributed by atoms with E-state index in [9.17, 15) is 9.59 Å². The molecule has 6 heteroatoms. The fraction of sp³-hybridized carbons (Fsp3) is 0.375. The maximum atomic E-state index is 13.1. The third-order valence-corrected chi connectivity index (χ3v) is 6.99. The van der Waals surface area contributed by atoms with Crippen molar-refractivity contribution in [2.45, 2.75) is 56.1 Å². The van der Waals surface area contributed by atoms with Crippen molar-refractivity contribution in [1.29, 1.82) is 0 Å². The minimum Gasteiger partial charge on any atom is -0.362 e. The van der Waals surface area contributed by atoms with E-state index >= 15 is 0 Å². The summed E-state index contributed by atoms with van der Waals surface area (Å²) in [5.41, 5.74) is 5.74. The Bertz CT molecular complexity index is 1040. The molecule has 1 aliphatic heterocycles. The van der Waals surface area contributed by atoms with Crippen molar-refractivity contribution >= 4 is 23.3 Å². The van der Waals surface area contributed by atoms with E-state index < -0.39 is 0 Å². The van der Waals surface area contributed by atoms with Gasteiger partial charge in [-0.1, -0.05) is 42.1 Å². The Balaban J connectivity index is 1.68. The third kappa shape index (κ3) is 3.23. The Morgan fingerprint density at radius 2 is 1.63 bits per heavy atom. The third-order valence-electron chi connectivity index (χ3n) is 6.30. The van der Waals surface area contributed by atoms with Crippen LogP contribution >= 0.6 is 11.8 Å². The molecule has 0 radical (unpaired) electrons. The molecule has 0 unspecified atom stereocenters. The van der Waals surface area contributed by atoms with E-state index in [2.05, 4.69) is 27.0 Å². The number of rotatable bonds is 4. The van der Waals surface area contributed by atoms with Crippen LogP contribution in [0.3, 0.4) is 0 Å². The first-order valence-corrected chi connectivity index (χ1v) is 11.8. The summed E-state index contributed by atoms with van der Waals surface area (Å²) in [5, 5.41) is 4.40. The second kappa shape index (κ2) is 7.91. The van der Waals surface area contributed by atoms with E-state index in [0.717, 1.165) is 59.1 Å². The maximum absolute atomic E-state index is 13.1. The zero-order valence-electron chi connectivity index (χ0n) is 17.1. The van der Waals surface area contributed by atoms with Crippen LogP contribution in [-0.2, 0) is 16.1 Å². The van der Waals surface area contributed by atoms with Crippen molar-refractivity contribution in [2.75, 3.05) is 6.26 Å². The summed E-state index contributed by atoms with van der Waals surface area (Å²) in [6, 6.07) is 10.3. The number of imidazole rings is 1. The van der Waals surface area contributed by atoms with E-state index in [1.54, 1.807) is 11.8 Å². The molecule has 2 aromatic rings. The molecule has 1 aromatic carbocycles. The number of carbonyl (C=O) groups excluding carboxylic acids is 2. The lowest BCUT2D eigenvalue weighted by molar-refractivity contribution is -0.117. The monoisotopic (exact) mass is 419 g/mol. The molecule has 0 saturated carbocycles. The number of carbonyl (C=O) groups is 2. The molecule has 5 rings (SSSR count). The van der Waals surface area contributed by atoms with E-state index in [1.807, 2.05) is 30.7 Å². The molecule has 154 valence electrons.